The molecule has 0 spiro atoms. The van der Waals surface area contributed by atoms with Gasteiger partial charge in [0, 0.05) is 5.56 Å². The number of para-hydroxylation sites is 1. The van der Waals surface area contributed by atoms with Crippen LogP contribution in [0, 0.1) is 3.57 Å². The Morgan fingerprint density at radius 2 is 1.95 bits per heavy atom. The largest absolute Gasteiger partial charge is 0.504 e. The monoisotopic (exact) mass is 368 g/mol. The summed E-state index contributed by atoms with van der Waals surface area (Å²) in [6.07, 6.45) is 1.66. The quantitative estimate of drug-likeness (QED) is 0.494. The summed E-state index contributed by atoms with van der Waals surface area (Å²) < 4.78 is 5.74. The van der Waals surface area contributed by atoms with E-state index >= 15 is 0 Å². The van der Waals surface area contributed by atoms with Gasteiger partial charge < -0.3 is 9.84 Å². The molecule has 0 aliphatic heterocycles. The van der Waals surface area contributed by atoms with Gasteiger partial charge in [-0.05, 0) is 46.9 Å². The van der Waals surface area contributed by atoms with Crippen molar-refractivity contribution in [3.8, 4) is 11.5 Å². The fraction of sp³-hybridized carbons (Fsp3) is 0.0714. The van der Waals surface area contributed by atoms with Crippen molar-refractivity contribution < 1.29 is 9.84 Å². The minimum atomic E-state index is 0.131. The third-order valence-electron chi connectivity index (χ3n) is 2.50. The van der Waals surface area contributed by atoms with Crippen LogP contribution in [0.2, 0.25) is 0 Å². The number of anilines is 1. The molecule has 0 radical (unpaired) electrons. The summed E-state index contributed by atoms with van der Waals surface area (Å²) in [4.78, 5) is 0. The van der Waals surface area contributed by atoms with Gasteiger partial charge in [0.1, 0.15) is 0 Å². The molecular formula is C14H13IN2O2. The van der Waals surface area contributed by atoms with Gasteiger partial charge in [0.2, 0.25) is 0 Å². The Morgan fingerprint density at radius 1 is 1.21 bits per heavy atom. The van der Waals surface area contributed by atoms with Crippen LogP contribution in [0.25, 0.3) is 0 Å². The second-order valence-corrected chi connectivity index (χ2v) is 4.83. The van der Waals surface area contributed by atoms with Crippen LogP contribution in [0.5, 0.6) is 11.5 Å². The first-order valence-electron chi connectivity index (χ1n) is 5.62. The van der Waals surface area contributed by atoms with Crippen LogP contribution in [0.3, 0.4) is 0 Å². The zero-order valence-corrected chi connectivity index (χ0v) is 12.5. The Bertz CT molecular complexity index is 585. The van der Waals surface area contributed by atoms with E-state index in [9.17, 15) is 5.11 Å². The fourth-order valence-electron chi connectivity index (χ4n) is 1.52. The summed E-state index contributed by atoms with van der Waals surface area (Å²) in [5, 5.41) is 14.0. The Morgan fingerprint density at radius 3 is 2.63 bits per heavy atom. The number of ether oxygens (including phenoxy) is 1. The van der Waals surface area contributed by atoms with Crippen LogP contribution in [0.1, 0.15) is 5.56 Å². The number of nitrogens with zero attached hydrogens (tertiary/aromatic N) is 1. The number of aromatic hydroxyl groups is 1. The van der Waals surface area contributed by atoms with Gasteiger partial charge in [0.05, 0.1) is 22.6 Å². The molecule has 0 saturated carbocycles. The number of phenols is 1. The van der Waals surface area contributed by atoms with E-state index in [1.165, 1.54) is 7.11 Å². The molecule has 0 saturated heterocycles. The SMILES string of the molecule is COc1ccc(C=NNc2ccccc2)c(I)c1O. The number of rotatable bonds is 4. The van der Waals surface area contributed by atoms with Gasteiger partial charge in [-0.3, -0.25) is 5.43 Å². The number of phenolic OH excluding ortho intramolecular Hbond substituents is 1. The molecule has 4 nitrogen and oxygen atoms in total. The molecule has 0 aliphatic rings. The van der Waals surface area contributed by atoms with Crippen LogP contribution in [-0.2, 0) is 0 Å². The lowest BCUT2D eigenvalue weighted by atomic mass is 10.2. The van der Waals surface area contributed by atoms with Gasteiger partial charge in [0.15, 0.2) is 11.5 Å². The highest BCUT2D eigenvalue weighted by molar-refractivity contribution is 14.1. The van der Waals surface area contributed by atoms with E-state index < -0.39 is 0 Å². The maximum absolute atomic E-state index is 9.88. The summed E-state index contributed by atoms with van der Waals surface area (Å²) >= 11 is 2.06. The van der Waals surface area contributed by atoms with Gasteiger partial charge >= 0.3 is 0 Å². The normalized spacial score (nSPS) is 10.6. The molecule has 0 fully saturated rings. The van der Waals surface area contributed by atoms with Crippen LogP contribution < -0.4 is 10.2 Å². The molecule has 2 rings (SSSR count). The van der Waals surface area contributed by atoms with Crippen LogP contribution >= 0.6 is 22.6 Å². The molecule has 2 N–H and O–H groups in total. The molecular weight excluding hydrogens is 355 g/mol. The van der Waals surface area contributed by atoms with Crippen molar-refractivity contribution in [1.82, 2.24) is 0 Å². The van der Waals surface area contributed by atoms with Crippen molar-refractivity contribution in [1.29, 1.82) is 0 Å². The van der Waals surface area contributed by atoms with Crippen molar-refractivity contribution in [2.45, 2.75) is 0 Å². The molecule has 5 heteroatoms. The third-order valence-corrected chi connectivity index (χ3v) is 3.63. The third kappa shape index (κ3) is 3.37. The van der Waals surface area contributed by atoms with Crippen molar-refractivity contribution in [2.75, 3.05) is 12.5 Å². The molecule has 98 valence electrons. The van der Waals surface area contributed by atoms with Crippen molar-refractivity contribution >= 4 is 34.5 Å². The lowest BCUT2D eigenvalue weighted by molar-refractivity contribution is 0.371. The molecule has 19 heavy (non-hydrogen) atoms. The van der Waals surface area contributed by atoms with Gasteiger partial charge in [-0.15, -0.1) is 0 Å². The second kappa shape index (κ2) is 6.42. The summed E-state index contributed by atoms with van der Waals surface area (Å²) in [7, 11) is 1.52. The van der Waals surface area contributed by atoms with Crippen molar-refractivity contribution in [3.63, 3.8) is 0 Å². The molecule has 0 aliphatic carbocycles. The lowest BCUT2D eigenvalue weighted by Crippen LogP contribution is -1.94. The van der Waals surface area contributed by atoms with Crippen LogP contribution in [-0.4, -0.2) is 18.4 Å². The standard InChI is InChI=1S/C14H13IN2O2/c1-19-12-8-7-10(13(15)14(12)18)9-16-17-11-5-3-2-4-6-11/h2-9,17-18H,1H3. The molecule has 0 aromatic heterocycles. The van der Waals surface area contributed by atoms with E-state index in [1.54, 1.807) is 12.3 Å². The number of nitrogens with one attached hydrogen (secondary N) is 1. The predicted molar refractivity (Wildman–Crippen MR) is 85.0 cm³/mol. The fourth-order valence-corrected chi connectivity index (χ4v) is 2.10. The van der Waals surface area contributed by atoms with E-state index in [0.29, 0.717) is 9.32 Å². The molecule has 0 amide bonds. The van der Waals surface area contributed by atoms with E-state index in [-0.39, 0.29) is 5.75 Å². The number of hydrazone groups is 1. The highest BCUT2D eigenvalue weighted by Gasteiger charge is 2.08. The molecule has 0 heterocycles. The summed E-state index contributed by atoms with van der Waals surface area (Å²) in [5.74, 6) is 0.587. The summed E-state index contributed by atoms with van der Waals surface area (Å²) in [6, 6.07) is 13.2. The van der Waals surface area contributed by atoms with Gasteiger partial charge in [0.25, 0.3) is 0 Å². The lowest BCUT2D eigenvalue weighted by Gasteiger charge is -2.07. The molecule has 0 bridgehead atoms. The molecule has 0 atom stereocenters. The minimum absolute atomic E-state index is 0.131. The average molecular weight is 368 g/mol. The number of methoxy groups -OCH3 is 1. The number of hydrogen-bond acceptors (Lipinski definition) is 4. The molecule has 2 aromatic carbocycles. The van der Waals surface area contributed by atoms with E-state index in [2.05, 4.69) is 33.1 Å². The number of hydrogen-bond donors (Lipinski definition) is 2. The Balaban J connectivity index is 2.13. The predicted octanol–water partition coefficient (Wildman–Crippen LogP) is 3.45. The highest BCUT2D eigenvalue weighted by atomic mass is 127. The maximum atomic E-state index is 9.88. The summed E-state index contributed by atoms with van der Waals surface area (Å²) in [5.41, 5.74) is 4.65. The van der Waals surface area contributed by atoms with Gasteiger partial charge in [-0.1, -0.05) is 18.2 Å². The maximum Gasteiger partial charge on any atom is 0.171 e. The minimum Gasteiger partial charge on any atom is -0.504 e. The number of benzene rings is 2. The zero-order valence-electron chi connectivity index (χ0n) is 10.3. The molecule has 0 unspecified atom stereocenters. The van der Waals surface area contributed by atoms with Crippen LogP contribution in [0.15, 0.2) is 47.6 Å². The van der Waals surface area contributed by atoms with Crippen molar-refractivity contribution in [3.05, 3.63) is 51.6 Å². The summed E-state index contributed by atoms with van der Waals surface area (Å²) in [6.45, 7) is 0. The van der Waals surface area contributed by atoms with E-state index in [4.69, 9.17) is 4.74 Å². The first-order valence-corrected chi connectivity index (χ1v) is 6.70. The Kier molecular flexibility index (Phi) is 4.62. The number of halogens is 1. The van der Waals surface area contributed by atoms with Gasteiger partial charge in [-0.2, -0.15) is 5.10 Å². The van der Waals surface area contributed by atoms with E-state index in [1.807, 2.05) is 36.4 Å². The Hall–Kier alpha value is -1.76. The second-order valence-electron chi connectivity index (χ2n) is 3.76. The van der Waals surface area contributed by atoms with Crippen LogP contribution in [0.4, 0.5) is 5.69 Å². The van der Waals surface area contributed by atoms with Crippen molar-refractivity contribution in [2.24, 2.45) is 5.10 Å². The average Bonchev–Trinajstić information content (AvgIpc) is 2.45. The van der Waals surface area contributed by atoms with Gasteiger partial charge in [-0.25, -0.2) is 0 Å². The zero-order chi connectivity index (χ0) is 13.7. The molecule has 2 aromatic rings. The Labute approximate surface area is 125 Å². The first kappa shape index (κ1) is 13.7. The highest BCUT2D eigenvalue weighted by Crippen LogP contribution is 2.32. The first-order chi connectivity index (χ1) is 9.22. The topological polar surface area (TPSA) is 53.8 Å². The smallest absolute Gasteiger partial charge is 0.171 e. The van der Waals surface area contributed by atoms with E-state index in [0.717, 1.165) is 11.3 Å².